The molecule has 1 saturated carbocycles. The minimum absolute atomic E-state index is 0.115. The Balaban J connectivity index is 2.18. The normalized spacial score (nSPS) is 26.3. The van der Waals surface area contributed by atoms with Gasteiger partial charge in [0.25, 0.3) is 0 Å². The zero-order valence-electron chi connectivity index (χ0n) is 12.0. The zero-order valence-corrected chi connectivity index (χ0v) is 12.8. The first kappa shape index (κ1) is 15.3. The van der Waals surface area contributed by atoms with Crippen molar-refractivity contribution >= 4 is 23.4 Å². The zero-order chi connectivity index (χ0) is 14.6. The van der Waals surface area contributed by atoms with E-state index in [0.29, 0.717) is 16.8 Å². The number of aliphatic hydroxyl groups excluding tert-OH is 1. The molecule has 5 N–H and O–H groups in total. The Hall–Kier alpha value is -1.05. The van der Waals surface area contributed by atoms with Crippen LogP contribution in [0.1, 0.15) is 32.6 Å². The Morgan fingerprint density at radius 1 is 1.40 bits per heavy atom. The lowest BCUT2D eigenvalue weighted by molar-refractivity contribution is 0.155. The van der Waals surface area contributed by atoms with Gasteiger partial charge in [0, 0.05) is 6.07 Å². The van der Waals surface area contributed by atoms with Gasteiger partial charge >= 0.3 is 0 Å². The number of hydrogen-bond donors (Lipinski definition) is 4. The van der Waals surface area contributed by atoms with E-state index < -0.39 is 0 Å². The molecule has 0 unspecified atom stereocenters. The topological polar surface area (TPSA) is 96.1 Å². The molecule has 0 aliphatic heterocycles. The van der Waals surface area contributed by atoms with Crippen molar-refractivity contribution in [3.8, 4) is 0 Å². The van der Waals surface area contributed by atoms with Crippen molar-refractivity contribution in [2.45, 2.75) is 43.3 Å². The predicted octanol–water partition coefficient (Wildman–Crippen LogP) is 1.84. The molecule has 0 bridgehead atoms. The summed E-state index contributed by atoms with van der Waals surface area (Å²) in [6, 6.07) is 1.77. The van der Waals surface area contributed by atoms with Gasteiger partial charge in [-0.3, -0.25) is 0 Å². The number of hydrazine groups is 1. The van der Waals surface area contributed by atoms with Crippen molar-refractivity contribution in [1.82, 2.24) is 9.97 Å². The van der Waals surface area contributed by atoms with Gasteiger partial charge in [-0.05, 0) is 37.9 Å². The van der Waals surface area contributed by atoms with Gasteiger partial charge in [0.1, 0.15) is 11.6 Å². The quantitative estimate of drug-likeness (QED) is 0.285. The summed E-state index contributed by atoms with van der Waals surface area (Å²) in [7, 11) is 0. The fourth-order valence-corrected chi connectivity index (χ4v) is 2.94. The van der Waals surface area contributed by atoms with Crippen molar-refractivity contribution in [1.29, 1.82) is 0 Å². The lowest BCUT2D eigenvalue weighted by Crippen LogP contribution is -2.45. The molecule has 0 spiro atoms. The van der Waals surface area contributed by atoms with Crippen LogP contribution < -0.4 is 16.6 Å². The maximum Gasteiger partial charge on any atom is 0.191 e. The van der Waals surface area contributed by atoms with Crippen LogP contribution in [0.5, 0.6) is 0 Å². The Morgan fingerprint density at radius 2 is 2.05 bits per heavy atom. The summed E-state index contributed by atoms with van der Waals surface area (Å²) >= 11 is 1.46. The summed E-state index contributed by atoms with van der Waals surface area (Å²) in [6.45, 7) is 2.37. The van der Waals surface area contributed by atoms with Crippen LogP contribution in [0.4, 0.5) is 11.6 Å². The molecule has 1 aliphatic carbocycles. The average Bonchev–Trinajstić information content (AvgIpc) is 2.49. The van der Waals surface area contributed by atoms with E-state index in [-0.39, 0.29) is 12.1 Å². The molecule has 2 rings (SSSR count). The SMILES string of the molecule is CSc1nc(NN)cc(NC2(CO)CCC(C)CC2)n1. The van der Waals surface area contributed by atoms with Crippen LogP contribution in [0.2, 0.25) is 0 Å². The van der Waals surface area contributed by atoms with Crippen molar-refractivity contribution < 1.29 is 5.11 Å². The number of rotatable bonds is 5. The van der Waals surface area contributed by atoms with Crippen LogP contribution in [0.25, 0.3) is 0 Å². The molecule has 0 amide bonds. The smallest absolute Gasteiger partial charge is 0.191 e. The second kappa shape index (κ2) is 6.60. The van der Waals surface area contributed by atoms with E-state index in [4.69, 9.17) is 5.84 Å². The minimum atomic E-state index is -0.275. The summed E-state index contributed by atoms with van der Waals surface area (Å²) in [5, 5.41) is 13.8. The second-order valence-electron chi connectivity index (χ2n) is 5.52. The highest BCUT2D eigenvalue weighted by atomic mass is 32.2. The first-order valence-corrected chi connectivity index (χ1v) is 8.12. The van der Waals surface area contributed by atoms with Crippen molar-refractivity contribution in [2.75, 3.05) is 23.6 Å². The van der Waals surface area contributed by atoms with Gasteiger partial charge in [-0.2, -0.15) is 0 Å². The van der Waals surface area contributed by atoms with E-state index in [1.54, 1.807) is 6.07 Å². The van der Waals surface area contributed by atoms with Gasteiger partial charge in [-0.1, -0.05) is 18.7 Å². The maximum atomic E-state index is 9.79. The number of anilines is 2. The van der Waals surface area contributed by atoms with Crippen LogP contribution in [-0.2, 0) is 0 Å². The van der Waals surface area contributed by atoms with Gasteiger partial charge in [0.15, 0.2) is 5.16 Å². The molecule has 1 heterocycles. The van der Waals surface area contributed by atoms with E-state index in [1.165, 1.54) is 11.8 Å². The van der Waals surface area contributed by atoms with Crippen LogP contribution in [0, 0.1) is 5.92 Å². The number of nitrogens with one attached hydrogen (secondary N) is 2. The molecule has 0 radical (unpaired) electrons. The monoisotopic (exact) mass is 297 g/mol. The first-order chi connectivity index (χ1) is 9.60. The highest BCUT2D eigenvalue weighted by Crippen LogP contribution is 2.34. The minimum Gasteiger partial charge on any atom is -0.394 e. The van der Waals surface area contributed by atoms with Crippen LogP contribution >= 0.6 is 11.8 Å². The Bertz CT molecular complexity index is 426. The number of aliphatic hydroxyl groups is 1. The second-order valence-corrected chi connectivity index (χ2v) is 6.29. The summed E-state index contributed by atoms with van der Waals surface area (Å²) in [5.74, 6) is 7.44. The molecular weight excluding hydrogens is 274 g/mol. The Morgan fingerprint density at radius 3 is 2.60 bits per heavy atom. The molecule has 1 fully saturated rings. The largest absolute Gasteiger partial charge is 0.394 e. The molecule has 7 heteroatoms. The van der Waals surface area contributed by atoms with Crippen LogP contribution in [-0.4, -0.2) is 33.5 Å². The lowest BCUT2D eigenvalue weighted by Gasteiger charge is -2.39. The molecular formula is C13H23N5OS. The number of nitrogen functional groups attached to an aromatic ring is 1. The molecule has 6 nitrogen and oxygen atoms in total. The third kappa shape index (κ3) is 3.53. The number of nitrogens with two attached hydrogens (primary N) is 1. The number of aromatic nitrogens is 2. The predicted molar refractivity (Wildman–Crippen MR) is 82.7 cm³/mol. The lowest BCUT2D eigenvalue weighted by atomic mass is 9.77. The highest BCUT2D eigenvalue weighted by molar-refractivity contribution is 7.98. The third-order valence-corrected chi connectivity index (χ3v) is 4.51. The van der Waals surface area contributed by atoms with E-state index in [1.807, 2.05) is 6.26 Å². The van der Waals surface area contributed by atoms with E-state index in [0.717, 1.165) is 31.6 Å². The fourth-order valence-electron chi connectivity index (χ4n) is 2.56. The van der Waals surface area contributed by atoms with Crippen molar-refractivity contribution in [2.24, 2.45) is 11.8 Å². The number of nitrogens with zero attached hydrogens (tertiary/aromatic N) is 2. The maximum absolute atomic E-state index is 9.79. The van der Waals surface area contributed by atoms with Crippen LogP contribution in [0.15, 0.2) is 11.2 Å². The van der Waals surface area contributed by atoms with Crippen molar-refractivity contribution in [3.63, 3.8) is 0 Å². The number of hydrogen-bond acceptors (Lipinski definition) is 7. The van der Waals surface area contributed by atoms with E-state index in [9.17, 15) is 5.11 Å². The average molecular weight is 297 g/mol. The summed E-state index contributed by atoms with van der Waals surface area (Å²) in [6.07, 6.45) is 6.07. The van der Waals surface area contributed by atoms with E-state index in [2.05, 4.69) is 27.6 Å². The molecule has 20 heavy (non-hydrogen) atoms. The molecule has 0 atom stereocenters. The van der Waals surface area contributed by atoms with Gasteiger partial charge in [-0.25, -0.2) is 15.8 Å². The fraction of sp³-hybridized carbons (Fsp3) is 0.692. The van der Waals surface area contributed by atoms with Gasteiger partial charge in [0.2, 0.25) is 0 Å². The summed E-state index contributed by atoms with van der Waals surface area (Å²) in [4.78, 5) is 8.68. The first-order valence-electron chi connectivity index (χ1n) is 6.89. The molecule has 1 aliphatic rings. The van der Waals surface area contributed by atoms with Crippen LogP contribution in [0.3, 0.4) is 0 Å². The molecule has 1 aromatic heterocycles. The third-order valence-electron chi connectivity index (χ3n) is 3.96. The molecule has 0 aromatic carbocycles. The summed E-state index contributed by atoms with van der Waals surface area (Å²) in [5.41, 5.74) is 2.27. The number of thioether (sulfide) groups is 1. The standard InChI is InChI=1S/C13H23N5OS/c1-9-3-5-13(8-19,6-4-9)17-10-7-11(18-14)16-12(15-10)20-2/h7,9,19H,3-6,8,14H2,1-2H3,(H2,15,16,17,18). The van der Waals surface area contributed by atoms with Gasteiger partial charge < -0.3 is 15.8 Å². The highest BCUT2D eigenvalue weighted by Gasteiger charge is 2.34. The Labute approximate surface area is 123 Å². The van der Waals surface area contributed by atoms with Gasteiger partial charge in [0.05, 0.1) is 12.1 Å². The molecule has 0 saturated heterocycles. The molecule has 1 aromatic rings. The van der Waals surface area contributed by atoms with Crippen molar-refractivity contribution in [3.05, 3.63) is 6.07 Å². The Kier molecular flexibility index (Phi) is 5.06. The van der Waals surface area contributed by atoms with E-state index >= 15 is 0 Å². The molecule has 112 valence electrons. The summed E-state index contributed by atoms with van der Waals surface area (Å²) < 4.78 is 0. The van der Waals surface area contributed by atoms with Gasteiger partial charge in [-0.15, -0.1) is 0 Å².